The van der Waals surface area contributed by atoms with E-state index in [1.807, 2.05) is 0 Å². The zero-order chi connectivity index (χ0) is 15.3. The zero-order valence-electron chi connectivity index (χ0n) is 10.7. The van der Waals surface area contributed by atoms with Crippen molar-refractivity contribution in [2.75, 3.05) is 0 Å². The normalized spacial score (nSPS) is 10.2. The summed E-state index contributed by atoms with van der Waals surface area (Å²) in [6.07, 6.45) is 1.21. The van der Waals surface area contributed by atoms with Crippen LogP contribution in [0.25, 0.3) is 0 Å². The van der Waals surface area contributed by atoms with Crippen molar-refractivity contribution in [3.63, 3.8) is 0 Å². The molecule has 0 aliphatic heterocycles. The number of aliphatic imine (C=N–C) groups is 1. The Kier molecular flexibility index (Phi) is 4.68. The number of rotatable bonds is 6. The smallest absolute Gasteiger partial charge is 0.301 e. The molecule has 1 aromatic rings. The third kappa shape index (κ3) is 3.73. The second-order valence-corrected chi connectivity index (χ2v) is 3.85. The van der Waals surface area contributed by atoms with Crippen LogP contribution in [0.1, 0.15) is 6.92 Å². The highest BCUT2D eigenvalue weighted by Gasteiger charge is 2.18. The molecule has 0 aromatic heterocycles. The first kappa shape index (κ1) is 15.0. The monoisotopic (exact) mass is 276 g/mol. The molecule has 0 saturated carbocycles. The molecule has 1 aromatic carbocycles. The van der Waals surface area contributed by atoms with Gasteiger partial charge in [0.1, 0.15) is 5.69 Å². The molecule has 0 aliphatic rings. The number of allylic oxidation sites excluding steroid dienone is 1. The number of non-ortho nitro benzene ring substituents is 1. The topological polar surface area (TPSA) is 111 Å². The summed E-state index contributed by atoms with van der Waals surface area (Å²) in [4.78, 5) is 23.8. The van der Waals surface area contributed by atoms with E-state index in [1.54, 1.807) is 6.92 Å². The summed E-state index contributed by atoms with van der Waals surface area (Å²) in [6.45, 7) is 9.04. The highest BCUT2D eigenvalue weighted by Crippen LogP contribution is 2.30. The summed E-state index contributed by atoms with van der Waals surface area (Å²) < 4.78 is 0. The maximum atomic E-state index is 10.9. The second kappa shape index (κ2) is 6.23. The Hall–Kier alpha value is -3.03. The van der Waals surface area contributed by atoms with Crippen LogP contribution in [-0.2, 0) is 0 Å². The van der Waals surface area contributed by atoms with Crippen LogP contribution in [-0.4, -0.2) is 16.2 Å². The number of hydrogen-bond acceptors (Lipinski definition) is 5. The second-order valence-electron chi connectivity index (χ2n) is 3.85. The van der Waals surface area contributed by atoms with Crippen LogP contribution in [0, 0.1) is 20.2 Å². The average Bonchev–Trinajstić information content (AvgIpc) is 2.38. The SMILES string of the molecule is C=C(C)C(=C)NC=Nc1ccc([N+](=O)[O-])cc1[N+](=O)[O-]. The van der Waals surface area contributed by atoms with Crippen molar-refractivity contribution in [2.45, 2.75) is 6.92 Å². The van der Waals surface area contributed by atoms with Crippen molar-refractivity contribution in [3.8, 4) is 0 Å². The van der Waals surface area contributed by atoms with Gasteiger partial charge >= 0.3 is 5.69 Å². The van der Waals surface area contributed by atoms with Crippen molar-refractivity contribution < 1.29 is 9.85 Å². The van der Waals surface area contributed by atoms with Gasteiger partial charge in [0.25, 0.3) is 5.69 Å². The van der Waals surface area contributed by atoms with Crippen molar-refractivity contribution in [1.29, 1.82) is 0 Å². The first-order valence-corrected chi connectivity index (χ1v) is 5.39. The first-order valence-electron chi connectivity index (χ1n) is 5.39. The standard InChI is InChI=1S/C12H12N4O4/c1-8(2)9(3)13-7-14-11-5-4-10(15(17)18)6-12(11)16(19)20/h4-7H,1,3H2,2H3,(H,13,14). The van der Waals surface area contributed by atoms with Gasteiger partial charge in [-0.3, -0.25) is 20.2 Å². The highest BCUT2D eigenvalue weighted by molar-refractivity contribution is 5.70. The van der Waals surface area contributed by atoms with Gasteiger partial charge in [0, 0.05) is 11.8 Å². The van der Waals surface area contributed by atoms with E-state index >= 15 is 0 Å². The molecule has 0 heterocycles. The minimum atomic E-state index is -0.729. The number of nitro groups is 2. The lowest BCUT2D eigenvalue weighted by Crippen LogP contribution is -2.09. The van der Waals surface area contributed by atoms with Crippen molar-refractivity contribution in [2.24, 2.45) is 4.99 Å². The molecule has 0 aliphatic carbocycles. The lowest BCUT2D eigenvalue weighted by atomic mass is 10.2. The summed E-state index contributed by atoms with van der Waals surface area (Å²) in [7, 11) is 0. The molecule has 0 atom stereocenters. The number of benzene rings is 1. The molecule has 104 valence electrons. The summed E-state index contributed by atoms with van der Waals surface area (Å²) in [5, 5.41) is 24.1. The lowest BCUT2D eigenvalue weighted by molar-refractivity contribution is -0.393. The van der Waals surface area contributed by atoms with Gasteiger partial charge in [0.2, 0.25) is 0 Å². The van der Waals surface area contributed by atoms with Crippen LogP contribution >= 0.6 is 0 Å². The van der Waals surface area contributed by atoms with Crippen molar-refractivity contribution >= 4 is 23.4 Å². The molecular weight excluding hydrogens is 264 g/mol. The van der Waals surface area contributed by atoms with Gasteiger partial charge in [-0.25, -0.2) is 4.99 Å². The Labute approximate surface area is 114 Å². The van der Waals surface area contributed by atoms with E-state index in [-0.39, 0.29) is 11.4 Å². The van der Waals surface area contributed by atoms with Crippen LogP contribution in [0.2, 0.25) is 0 Å². The number of hydrogen-bond donors (Lipinski definition) is 1. The fourth-order valence-electron chi connectivity index (χ4n) is 1.18. The van der Waals surface area contributed by atoms with Gasteiger partial charge in [-0.15, -0.1) is 0 Å². The minimum Gasteiger partial charge on any atom is -0.347 e. The van der Waals surface area contributed by atoms with Crippen LogP contribution in [0.15, 0.2) is 47.6 Å². The van der Waals surface area contributed by atoms with Crippen LogP contribution in [0.3, 0.4) is 0 Å². The Morgan fingerprint density at radius 3 is 2.45 bits per heavy atom. The molecule has 0 saturated heterocycles. The van der Waals surface area contributed by atoms with E-state index in [9.17, 15) is 20.2 Å². The fourth-order valence-corrected chi connectivity index (χ4v) is 1.18. The molecule has 0 bridgehead atoms. The van der Waals surface area contributed by atoms with Crippen molar-refractivity contribution in [3.05, 3.63) is 62.9 Å². The van der Waals surface area contributed by atoms with Gasteiger partial charge in [-0.1, -0.05) is 13.2 Å². The molecule has 8 nitrogen and oxygen atoms in total. The van der Waals surface area contributed by atoms with E-state index < -0.39 is 15.5 Å². The summed E-state index contributed by atoms with van der Waals surface area (Å²) >= 11 is 0. The predicted octanol–water partition coefficient (Wildman–Crippen LogP) is 2.84. The van der Waals surface area contributed by atoms with E-state index in [0.717, 1.165) is 12.1 Å². The molecular formula is C12H12N4O4. The van der Waals surface area contributed by atoms with E-state index in [2.05, 4.69) is 23.5 Å². The van der Waals surface area contributed by atoms with Gasteiger partial charge in [0.05, 0.1) is 22.3 Å². The highest BCUT2D eigenvalue weighted by atomic mass is 16.6. The third-order valence-electron chi connectivity index (χ3n) is 2.32. The van der Waals surface area contributed by atoms with E-state index in [1.165, 1.54) is 12.4 Å². The van der Waals surface area contributed by atoms with E-state index in [0.29, 0.717) is 11.3 Å². The summed E-state index contributed by atoms with van der Waals surface area (Å²) in [5.41, 5.74) is 0.392. The number of nitrogens with one attached hydrogen (secondary N) is 1. The molecule has 0 unspecified atom stereocenters. The Morgan fingerprint density at radius 2 is 1.95 bits per heavy atom. The van der Waals surface area contributed by atoms with Crippen molar-refractivity contribution in [1.82, 2.24) is 5.32 Å². The van der Waals surface area contributed by atoms with Crippen LogP contribution < -0.4 is 5.32 Å². The van der Waals surface area contributed by atoms with Gasteiger partial charge in [0.15, 0.2) is 0 Å². The Morgan fingerprint density at radius 1 is 1.30 bits per heavy atom. The quantitative estimate of drug-likeness (QED) is 0.282. The van der Waals surface area contributed by atoms with E-state index in [4.69, 9.17) is 0 Å². The molecule has 20 heavy (non-hydrogen) atoms. The molecule has 0 fully saturated rings. The summed E-state index contributed by atoms with van der Waals surface area (Å²) in [5.74, 6) is 0. The Bertz CT molecular complexity index is 622. The largest absolute Gasteiger partial charge is 0.347 e. The third-order valence-corrected chi connectivity index (χ3v) is 2.32. The minimum absolute atomic E-state index is 0.00242. The lowest BCUT2D eigenvalue weighted by Gasteiger charge is -2.02. The molecule has 0 amide bonds. The average molecular weight is 276 g/mol. The number of nitrogens with zero attached hydrogens (tertiary/aromatic N) is 3. The fraction of sp³-hybridized carbons (Fsp3) is 0.0833. The molecule has 8 heteroatoms. The maximum Gasteiger partial charge on any atom is 0.301 e. The summed E-state index contributed by atoms with van der Waals surface area (Å²) in [6, 6.07) is 3.21. The predicted molar refractivity (Wildman–Crippen MR) is 75.0 cm³/mol. The molecule has 0 spiro atoms. The molecule has 1 N–H and O–H groups in total. The van der Waals surface area contributed by atoms with Gasteiger partial charge in [-0.2, -0.15) is 0 Å². The molecule has 0 radical (unpaired) electrons. The van der Waals surface area contributed by atoms with Crippen LogP contribution in [0.5, 0.6) is 0 Å². The van der Waals surface area contributed by atoms with Gasteiger partial charge in [-0.05, 0) is 18.6 Å². The first-order chi connectivity index (χ1) is 9.32. The van der Waals surface area contributed by atoms with Crippen LogP contribution in [0.4, 0.5) is 17.1 Å². The molecule has 1 rings (SSSR count). The number of nitro benzene ring substituents is 2. The Balaban J connectivity index is 3.03. The van der Waals surface area contributed by atoms with Gasteiger partial charge < -0.3 is 5.32 Å². The zero-order valence-corrected chi connectivity index (χ0v) is 10.7. The maximum absolute atomic E-state index is 10.9.